The summed E-state index contributed by atoms with van der Waals surface area (Å²) < 4.78 is 42.5. The smallest absolute Gasteiger partial charge is 0.351 e. The van der Waals surface area contributed by atoms with E-state index >= 15 is 0 Å². The molecule has 0 spiro atoms. The van der Waals surface area contributed by atoms with Gasteiger partial charge in [0.15, 0.2) is 5.11 Å². The van der Waals surface area contributed by atoms with E-state index in [0.717, 1.165) is 45.6 Å². The van der Waals surface area contributed by atoms with Crippen LogP contribution in [0.25, 0.3) is 5.69 Å². The van der Waals surface area contributed by atoms with Gasteiger partial charge in [0, 0.05) is 41.1 Å². The van der Waals surface area contributed by atoms with Gasteiger partial charge in [-0.3, -0.25) is 9.78 Å². The molecule has 0 radical (unpaired) electrons. The zero-order valence-electron chi connectivity index (χ0n) is 23.1. The fourth-order valence-corrected chi connectivity index (χ4v) is 5.78. The van der Waals surface area contributed by atoms with Crippen LogP contribution in [-0.4, -0.2) is 20.6 Å². The van der Waals surface area contributed by atoms with Crippen molar-refractivity contribution < 1.29 is 18.0 Å². The van der Waals surface area contributed by atoms with E-state index in [9.17, 15) is 18.0 Å². The highest BCUT2D eigenvalue weighted by molar-refractivity contribution is 7.80. The van der Waals surface area contributed by atoms with Crippen molar-refractivity contribution >= 4 is 34.6 Å². The van der Waals surface area contributed by atoms with Crippen molar-refractivity contribution in [2.75, 3.05) is 10.2 Å². The van der Waals surface area contributed by atoms with Gasteiger partial charge in [-0.15, -0.1) is 0 Å². The van der Waals surface area contributed by atoms with Crippen molar-refractivity contribution in [1.82, 2.24) is 14.9 Å². The van der Waals surface area contributed by atoms with Crippen LogP contribution in [0.15, 0.2) is 72.9 Å². The predicted molar refractivity (Wildman–Crippen MR) is 158 cm³/mol. The topological polar surface area (TPSA) is 62.2 Å². The van der Waals surface area contributed by atoms with Crippen molar-refractivity contribution in [2.24, 2.45) is 0 Å². The number of aryl methyl sites for hydroxylation is 2. The molecule has 2 aromatic carbocycles. The van der Waals surface area contributed by atoms with Crippen LogP contribution in [0.5, 0.6) is 0 Å². The second kappa shape index (κ2) is 11.0. The van der Waals surface area contributed by atoms with E-state index in [1.807, 2.05) is 72.7 Å². The lowest BCUT2D eigenvalue weighted by atomic mass is 9.96. The zero-order chi connectivity index (χ0) is 29.5. The van der Waals surface area contributed by atoms with Gasteiger partial charge in [0.2, 0.25) is 5.91 Å². The Morgan fingerprint density at radius 2 is 1.80 bits per heavy atom. The highest BCUT2D eigenvalue weighted by Gasteiger charge is 2.42. The van der Waals surface area contributed by atoms with E-state index in [-0.39, 0.29) is 18.0 Å². The lowest BCUT2D eigenvalue weighted by Crippen LogP contribution is -2.29. The van der Waals surface area contributed by atoms with E-state index in [4.69, 9.17) is 12.2 Å². The maximum Gasteiger partial charge on any atom is 0.416 e. The van der Waals surface area contributed by atoms with Gasteiger partial charge in [0.25, 0.3) is 0 Å². The minimum absolute atomic E-state index is 0.0747. The van der Waals surface area contributed by atoms with E-state index < -0.39 is 11.7 Å². The summed E-state index contributed by atoms with van der Waals surface area (Å²) in [5.41, 5.74) is 5.44. The van der Waals surface area contributed by atoms with E-state index in [0.29, 0.717) is 17.2 Å². The first-order valence-corrected chi connectivity index (χ1v) is 13.7. The van der Waals surface area contributed by atoms with Gasteiger partial charge in [-0.25, -0.2) is 0 Å². The average molecular weight is 578 g/mol. The first-order valence-electron chi connectivity index (χ1n) is 13.3. The fraction of sp³-hybridized carbons (Fsp3) is 0.258. The number of pyridine rings is 1. The van der Waals surface area contributed by atoms with Crippen LogP contribution >= 0.6 is 12.2 Å². The molecule has 0 saturated carbocycles. The number of benzene rings is 2. The SMILES string of the molecule is CCC(=O)Nc1ccc(N2C(=S)N[C@@H](c3ccccn3)[C@H]2c2cc(C)n(-c3cccc(C(F)(F)F)c3)c2C)cc1C. The Morgan fingerprint density at radius 3 is 2.46 bits per heavy atom. The lowest BCUT2D eigenvalue weighted by molar-refractivity contribution is -0.137. The molecule has 6 nitrogen and oxygen atoms in total. The second-order valence-electron chi connectivity index (χ2n) is 10.1. The monoisotopic (exact) mass is 577 g/mol. The van der Waals surface area contributed by atoms with Crippen LogP contribution in [0.1, 0.15) is 59.2 Å². The molecule has 3 heterocycles. The van der Waals surface area contributed by atoms with Gasteiger partial charge >= 0.3 is 6.18 Å². The highest BCUT2D eigenvalue weighted by Crippen LogP contribution is 2.44. The molecule has 41 heavy (non-hydrogen) atoms. The lowest BCUT2D eigenvalue weighted by Gasteiger charge is -2.29. The molecule has 212 valence electrons. The molecule has 2 atom stereocenters. The summed E-state index contributed by atoms with van der Waals surface area (Å²) in [6, 6.07) is 18.1. The number of nitrogens with one attached hydrogen (secondary N) is 2. The molecule has 2 aromatic heterocycles. The number of hydrogen-bond donors (Lipinski definition) is 2. The van der Waals surface area contributed by atoms with Crippen LogP contribution in [0.4, 0.5) is 24.5 Å². The number of halogens is 3. The number of alkyl halides is 3. The Morgan fingerprint density at radius 1 is 1.02 bits per heavy atom. The number of carbonyl (C=O) groups excluding carboxylic acids is 1. The number of hydrogen-bond acceptors (Lipinski definition) is 3. The molecule has 4 aromatic rings. The summed E-state index contributed by atoms with van der Waals surface area (Å²) in [5.74, 6) is -0.0747. The minimum atomic E-state index is -4.45. The molecule has 2 N–H and O–H groups in total. The van der Waals surface area contributed by atoms with Gasteiger partial charge in [0.1, 0.15) is 0 Å². The largest absolute Gasteiger partial charge is 0.416 e. The van der Waals surface area contributed by atoms with Crippen molar-refractivity contribution in [3.05, 3.63) is 107 Å². The van der Waals surface area contributed by atoms with Gasteiger partial charge in [-0.1, -0.05) is 19.1 Å². The summed E-state index contributed by atoms with van der Waals surface area (Å²) in [7, 11) is 0. The summed E-state index contributed by atoms with van der Waals surface area (Å²) in [6.07, 6.45) is -2.35. The average Bonchev–Trinajstić information content (AvgIpc) is 3.44. The van der Waals surface area contributed by atoms with Gasteiger partial charge < -0.3 is 20.1 Å². The Labute approximate surface area is 242 Å². The molecule has 5 rings (SSSR count). The Bertz CT molecular complexity index is 1620. The van der Waals surface area contributed by atoms with Gasteiger partial charge in [-0.05, 0) is 98.7 Å². The number of nitrogens with zero attached hydrogens (tertiary/aromatic N) is 3. The third-order valence-electron chi connectivity index (χ3n) is 7.40. The number of rotatable bonds is 6. The Balaban J connectivity index is 1.64. The quantitative estimate of drug-likeness (QED) is 0.235. The predicted octanol–water partition coefficient (Wildman–Crippen LogP) is 7.34. The Hall–Kier alpha value is -4.18. The van der Waals surface area contributed by atoms with E-state index in [2.05, 4.69) is 15.6 Å². The standard InChI is InChI=1S/C31H30F3N5OS/c1-5-27(40)36-25-13-12-23(15-18(25)2)39-29(28(37-30(39)41)26-11-6-7-14-35-26)24-16-19(3)38(20(24)4)22-10-8-9-21(17-22)31(32,33)34/h6-17,28-29H,5H2,1-4H3,(H,36,40)(H,37,41)/t28-,29+/m0/s1. The van der Waals surface area contributed by atoms with Crippen molar-refractivity contribution in [3.63, 3.8) is 0 Å². The van der Waals surface area contributed by atoms with Gasteiger partial charge in [-0.2, -0.15) is 13.2 Å². The molecule has 0 bridgehead atoms. The molecule has 1 fully saturated rings. The number of carbonyl (C=O) groups is 1. The summed E-state index contributed by atoms with van der Waals surface area (Å²) in [5, 5.41) is 6.85. The zero-order valence-corrected chi connectivity index (χ0v) is 23.9. The first-order chi connectivity index (χ1) is 19.5. The second-order valence-corrected chi connectivity index (χ2v) is 10.5. The maximum atomic E-state index is 13.5. The molecule has 1 amide bonds. The fourth-order valence-electron chi connectivity index (χ4n) is 5.43. The minimum Gasteiger partial charge on any atom is -0.351 e. The number of amides is 1. The number of thiocarbonyl (C=S) groups is 1. The van der Waals surface area contributed by atoms with Crippen LogP contribution < -0.4 is 15.5 Å². The molecule has 1 saturated heterocycles. The van der Waals surface area contributed by atoms with Crippen LogP contribution in [-0.2, 0) is 11.0 Å². The number of aromatic nitrogens is 2. The maximum absolute atomic E-state index is 13.5. The molecule has 1 aliphatic rings. The molecule has 0 unspecified atom stereocenters. The first kappa shape index (κ1) is 28.4. The van der Waals surface area contributed by atoms with Crippen molar-refractivity contribution in [1.29, 1.82) is 0 Å². The molecular weight excluding hydrogens is 547 g/mol. The third kappa shape index (κ3) is 5.44. The van der Waals surface area contributed by atoms with E-state index in [1.165, 1.54) is 12.1 Å². The molecular formula is C31H30F3N5OS. The summed E-state index contributed by atoms with van der Waals surface area (Å²) in [4.78, 5) is 18.6. The van der Waals surface area contributed by atoms with Crippen LogP contribution in [0.3, 0.4) is 0 Å². The molecule has 10 heteroatoms. The molecule has 0 aliphatic carbocycles. The van der Waals surface area contributed by atoms with Crippen molar-refractivity contribution in [3.8, 4) is 5.69 Å². The highest BCUT2D eigenvalue weighted by atomic mass is 32.1. The number of anilines is 2. The Kier molecular flexibility index (Phi) is 7.61. The van der Waals surface area contributed by atoms with Crippen molar-refractivity contribution in [2.45, 2.75) is 52.4 Å². The van der Waals surface area contributed by atoms with Gasteiger partial charge in [0.05, 0.1) is 23.3 Å². The van der Waals surface area contributed by atoms with E-state index in [1.54, 1.807) is 19.2 Å². The summed E-state index contributed by atoms with van der Waals surface area (Å²) >= 11 is 5.86. The van der Waals surface area contributed by atoms with Crippen LogP contribution in [0, 0.1) is 20.8 Å². The molecule has 1 aliphatic heterocycles. The summed E-state index contributed by atoms with van der Waals surface area (Å²) in [6.45, 7) is 7.51. The van der Waals surface area contributed by atoms with Crippen LogP contribution in [0.2, 0.25) is 0 Å². The third-order valence-corrected chi connectivity index (χ3v) is 7.72. The normalized spacial score (nSPS) is 17.0.